The number of aryl methyl sites for hydroxylation is 1. The molecule has 0 saturated carbocycles. The van der Waals surface area contributed by atoms with Crippen molar-refractivity contribution in [3.63, 3.8) is 0 Å². The minimum atomic E-state index is -0.726. The molecule has 2 aliphatic heterocycles. The number of ether oxygens (including phenoxy) is 1. The highest BCUT2D eigenvalue weighted by Crippen LogP contribution is 2.45. The van der Waals surface area contributed by atoms with Gasteiger partial charge in [-0.25, -0.2) is 9.67 Å². The summed E-state index contributed by atoms with van der Waals surface area (Å²) in [7, 11) is 0. The van der Waals surface area contributed by atoms with Crippen molar-refractivity contribution in [3.8, 4) is 5.69 Å². The van der Waals surface area contributed by atoms with Gasteiger partial charge in [-0.05, 0) is 25.5 Å². The lowest BCUT2D eigenvalue weighted by molar-refractivity contribution is -0.169. The zero-order valence-electron chi connectivity index (χ0n) is 15.6. The molecule has 3 aromatic rings. The van der Waals surface area contributed by atoms with E-state index in [4.69, 9.17) is 10.5 Å². The van der Waals surface area contributed by atoms with Crippen molar-refractivity contribution >= 4 is 5.91 Å². The van der Waals surface area contributed by atoms with Crippen LogP contribution < -0.4 is 5.73 Å². The Bertz CT molecular complexity index is 1060. The number of fused-ring (bicyclic) bond motifs is 5. The van der Waals surface area contributed by atoms with Gasteiger partial charge in [0.1, 0.15) is 5.82 Å². The molecule has 1 fully saturated rings. The van der Waals surface area contributed by atoms with E-state index in [0.29, 0.717) is 19.0 Å². The van der Waals surface area contributed by atoms with Gasteiger partial charge in [-0.15, -0.1) is 5.10 Å². The Labute approximate surface area is 162 Å². The van der Waals surface area contributed by atoms with Gasteiger partial charge in [-0.3, -0.25) is 9.69 Å². The number of aromatic nitrogens is 3. The Hall–Kier alpha value is -3.03. The number of carbonyl (C=O) groups is 1. The predicted molar refractivity (Wildman–Crippen MR) is 103 cm³/mol. The maximum atomic E-state index is 11.7. The van der Waals surface area contributed by atoms with Crippen LogP contribution in [0, 0.1) is 6.92 Å². The number of rotatable bonds is 2. The average Bonchev–Trinajstić information content (AvgIpc) is 3.09. The highest BCUT2D eigenvalue weighted by molar-refractivity contribution is 5.88. The summed E-state index contributed by atoms with van der Waals surface area (Å²) in [6.07, 6.45) is 0.923. The summed E-state index contributed by atoms with van der Waals surface area (Å²) in [6.45, 7) is 4.08. The summed E-state index contributed by atoms with van der Waals surface area (Å²) >= 11 is 0. The van der Waals surface area contributed by atoms with E-state index < -0.39 is 11.6 Å². The molecule has 2 N–H and O–H groups in total. The van der Waals surface area contributed by atoms with Gasteiger partial charge in [0, 0.05) is 17.7 Å². The zero-order chi connectivity index (χ0) is 19.3. The normalized spacial score (nSPS) is 21.3. The Balaban J connectivity index is 1.83. The van der Waals surface area contributed by atoms with Gasteiger partial charge < -0.3 is 10.5 Å². The molecule has 3 heterocycles. The molecule has 1 saturated heterocycles. The number of amides is 1. The summed E-state index contributed by atoms with van der Waals surface area (Å²) < 4.78 is 8.30. The number of hydrogen-bond donors (Lipinski definition) is 1. The number of nitrogens with zero attached hydrogens (tertiary/aromatic N) is 4. The van der Waals surface area contributed by atoms with Crippen LogP contribution in [-0.4, -0.2) is 38.7 Å². The number of primary amides is 1. The van der Waals surface area contributed by atoms with Gasteiger partial charge >= 0.3 is 0 Å². The molecule has 5 rings (SSSR count). The first-order chi connectivity index (χ1) is 13.6. The van der Waals surface area contributed by atoms with Crippen LogP contribution in [0.5, 0.6) is 0 Å². The molecule has 2 aliphatic rings. The SMILES string of the molecule is Cc1ccc2c(c1)C1(c3ccccc3)OCCCN1Cc1nc(C(N)=O)nn1-2. The van der Waals surface area contributed by atoms with E-state index in [-0.39, 0.29) is 5.82 Å². The summed E-state index contributed by atoms with van der Waals surface area (Å²) in [6, 6.07) is 16.5. The Morgan fingerprint density at radius 2 is 2.04 bits per heavy atom. The lowest BCUT2D eigenvalue weighted by atomic mass is 9.89. The van der Waals surface area contributed by atoms with Gasteiger partial charge in [0.25, 0.3) is 5.91 Å². The fourth-order valence-corrected chi connectivity index (χ4v) is 4.27. The number of benzene rings is 2. The quantitative estimate of drug-likeness (QED) is 0.741. The van der Waals surface area contributed by atoms with Crippen molar-refractivity contribution < 1.29 is 9.53 Å². The molecular formula is C21H21N5O2. The number of carbonyl (C=O) groups excluding carboxylic acids is 1. The Kier molecular flexibility index (Phi) is 3.82. The van der Waals surface area contributed by atoms with Gasteiger partial charge in [0.15, 0.2) is 5.72 Å². The maximum Gasteiger partial charge on any atom is 0.288 e. The molecule has 7 nitrogen and oxygen atoms in total. The minimum absolute atomic E-state index is 0.0339. The van der Waals surface area contributed by atoms with Crippen molar-refractivity contribution in [2.24, 2.45) is 5.73 Å². The fourth-order valence-electron chi connectivity index (χ4n) is 4.27. The van der Waals surface area contributed by atoms with E-state index in [2.05, 4.69) is 40.1 Å². The summed E-state index contributed by atoms with van der Waals surface area (Å²) in [5, 5.41) is 4.41. The van der Waals surface area contributed by atoms with Crippen LogP contribution in [0.3, 0.4) is 0 Å². The first-order valence-electron chi connectivity index (χ1n) is 9.41. The predicted octanol–water partition coefficient (Wildman–Crippen LogP) is 2.11. The van der Waals surface area contributed by atoms with Crippen molar-refractivity contribution in [1.29, 1.82) is 0 Å². The zero-order valence-corrected chi connectivity index (χ0v) is 15.6. The Morgan fingerprint density at radius 3 is 2.82 bits per heavy atom. The van der Waals surface area contributed by atoms with Crippen molar-refractivity contribution in [3.05, 3.63) is 76.9 Å². The van der Waals surface area contributed by atoms with Gasteiger partial charge in [-0.1, -0.05) is 42.0 Å². The highest BCUT2D eigenvalue weighted by atomic mass is 16.5. The minimum Gasteiger partial charge on any atom is -0.363 e. The monoisotopic (exact) mass is 375 g/mol. The maximum absolute atomic E-state index is 11.7. The third-order valence-corrected chi connectivity index (χ3v) is 5.47. The fraction of sp³-hybridized carbons (Fsp3) is 0.286. The van der Waals surface area contributed by atoms with Gasteiger partial charge in [0.2, 0.25) is 5.82 Å². The second kappa shape index (κ2) is 6.25. The van der Waals surface area contributed by atoms with Gasteiger partial charge in [0.05, 0.1) is 18.8 Å². The Morgan fingerprint density at radius 1 is 1.21 bits per heavy atom. The van der Waals surface area contributed by atoms with Crippen molar-refractivity contribution in [1.82, 2.24) is 19.7 Å². The summed E-state index contributed by atoms with van der Waals surface area (Å²) in [4.78, 5) is 18.4. The molecule has 0 spiro atoms. The molecule has 0 aliphatic carbocycles. The van der Waals surface area contributed by atoms with Crippen molar-refractivity contribution in [2.45, 2.75) is 25.6 Å². The molecule has 2 aromatic carbocycles. The van der Waals surface area contributed by atoms with E-state index in [1.165, 1.54) is 0 Å². The standard InChI is InChI=1S/C21H21N5O2/c1-14-8-9-17-16(12-14)21(15-6-3-2-4-7-15)25(10-5-11-28-21)13-18-23-20(19(22)27)24-26(17)18/h2-4,6-9,12H,5,10-11,13H2,1H3,(H2,22,27). The molecule has 7 heteroatoms. The smallest absolute Gasteiger partial charge is 0.288 e. The molecule has 0 radical (unpaired) electrons. The van der Waals surface area contributed by atoms with Gasteiger partial charge in [-0.2, -0.15) is 0 Å². The molecule has 0 bridgehead atoms. The largest absolute Gasteiger partial charge is 0.363 e. The van der Waals surface area contributed by atoms with E-state index in [1.807, 2.05) is 30.3 Å². The molecular weight excluding hydrogens is 354 g/mol. The van der Waals surface area contributed by atoms with Crippen LogP contribution in [0.2, 0.25) is 0 Å². The first-order valence-corrected chi connectivity index (χ1v) is 9.41. The summed E-state index contributed by atoms with van der Waals surface area (Å²) in [5.74, 6) is 0.0901. The molecule has 28 heavy (non-hydrogen) atoms. The second-order valence-corrected chi connectivity index (χ2v) is 7.28. The molecule has 1 atom stereocenters. The summed E-state index contributed by atoms with van der Waals surface area (Å²) in [5.41, 5.74) is 8.77. The molecule has 1 unspecified atom stereocenters. The van der Waals surface area contributed by atoms with Crippen LogP contribution >= 0.6 is 0 Å². The highest BCUT2D eigenvalue weighted by Gasteiger charge is 2.48. The van der Waals surface area contributed by atoms with Crippen LogP contribution in [0.15, 0.2) is 48.5 Å². The topological polar surface area (TPSA) is 86.3 Å². The number of nitrogens with two attached hydrogens (primary N) is 1. The second-order valence-electron chi connectivity index (χ2n) is 7.28. The number of hydrogen-bond acceptors (Lipinski definition) is 5. The van der Waals surface area contributed by atoms with E-state index >= 15 is 0 Å². The first kappa shape index (κ1) is 17.1. The van der Waals surface area contributed by atoms with E-state index in [1.54, 1.807) is 4.68 Å². The lowest BCUT2D eigenvalue weighted by Crippen LogP contribution is -2.52. The third-order valence-electron chi connectivity index (χ3n) is 5.47. The van der Waals surface area contributed by atoms with E-state index in [0.717, 1.165) is 35.3 Å². The third kappa shape index (κ3) is 2.40. The average molecular weight is 375 g/mol. The lowest BCUT2D eigenvalue weighted by Gasteiger charge is -2.46. The van der Waals surface area contributed by atoms with Crippen LogP contribution in [-0.2, 0) is 17.0 Å². The van der Waals surface area contributed by atoms with Crippen molar-refractivity contribution in [2.75, 3.05) is 13.2 Å². The van der Waals surface area contributed by atoms with Crippen LogP contribution in [0.4, 0.5) is 0 Å². The molecule has 1 aromatic heterocycles. The van der Waals surface area contributed by atoms with E-state index in [9.17, 15) is 4.79 Å². The molecule has 142 valence electrons. The van der Waals surface area contributed by atoms with Crippen LogP contribution in [0.25, 0.3) is 5.69 Å². The molecule has 1 amide bonds. The van der Waals surface area contributed by atoms with Crippen LogP contribution in [0.1, 0.15) is 39.6 Å².